The highest BCUT2D eigenvalue weighted by Crippen LogP contribution is 2.29. The molecule has 1 aromatic heterocycles. The Balaban J connectivity index is 1.44. The summed E-state index contributed by atoms with van der Waals surface area (Å²) in [5.41, 5.74) is 3.13. The summed E-state index contributed by atoms with van der Waals surface area (Å²) in [6.07, 6.45) is 1.97. The average molecular weight is 377 g/mol. The molecule has 4 rings (SSSR count). The number of aromatic nitrogens is 1. The third-order valence-corrected chi connectivity index (χ3v) is 5.25. The van der Waals surface area contributed by atoms with Crippen LogP contribution < -0.4 is 5.32 Å². The molecule has 1 aliphatic rings. The minimum absolute atomic E-state index is 0.0830. The van der Waals surface area contributed by atoms with Gasteiger partial charge < -0.3 is 19.9 Å². The van der Waals surface area contributed by atoms with Crippen molar-refractivity contribution in [2.24, 2.45) is 0 Å². The number of benzene rings is 2. The first kappa shape index (κ1) is 18.3. The molecular formula is C22H23N3O3. The zero-order valence-electron chi connectivity index (χ0n) is 15.7. The number of aromatic amines is 1. The van der Waals surface area contributed by atoms with E-state index in [0.717, 1.165) is 22.0 Å². The summed E-state index contributed by atoms with van der Waals surface area (Å²) >= 11 is 0. The quantitative estimate of drug-likeness (QED) is 0.717. The molecule has 0 saturated carbocycles. The van der Waals surface area contributed by atoms with Crippen LogP contribution in [0.2, 0.25) is 0 Å². The lowest BCUT2D eigenvalue weighted by atomic mass is 9.97. The zero-order valence-corrected chi connectivity index (χ0v) is 15.7. The molecule has 2 atom stereocenters. The predicted octanol–water partition coefficient (Wildman–Crippen LogP) is 2.43. The molecule has 144 valence electrons. The van der Waals surface area contributed by atoms with Gasteiger partial charge in [-0.05, 0) is 23.6 Å². The third kappa shape index (κ3) is 3.51. The maximum absolute atomic E-state index is 12.8. The second kappa shape index (κ2) is 7.86. The molecule has 2 N–H and O–H groups in total. The Morgan fingerprint density at radius 1 is 1.18 bits per heavy atom. The number of fused-ring (bicyclic) bond motifs is 1. The highest BCUT2D eigenvalue weighted by Gasteiger charge is 2.39. The lowest BCUT2D eigenvalue weighted by Gasteiger charge is -2.38. The first-order valence-corrected chi connectivity index (χ1v) is 9.40. The lowest BCUT2D eigenvalue weighted by Crippen LogP contribution is -2.53. The number of nitrogens with one attached hydrogen (secondary N) is 2. The summed E-state index contributed by atoms with van der Waals surface area (Å²) in [5, 5.41) is 4.14. The first-order valence-electron chi connectivity index (χ1n) is 9.40. The van der Waals surface area contributed by atoms with Gasteiger partial charge in [0.15, 0.2) is 6.10 Å². The number of ether oxygens (including phenoxy) is 1. The van der Waals surface area contributed by atoms with E-state index in [1.165, 1.54) is 0 Å². The summed E-state index contributed by atoms with van der Waals surface area (Å²) in [4.78, 5) is 29.8. The standard InChI is InChI=1S/C22H23N3O3/c1-25-19(26)14-28-21(20(25)15-7-3-2-4-8-15)22(27)23-12-11-16-13-24-18-10-6-5-9-17(16)18/h2-10,13,20-21,24H,11-12,14H2,1H3,(H,23,27)/t20-,21+/m0/s1. The molecule has 2 amide bonds. The van der Waals surface area contributed by atoms with Gasteiger partial charge in [0.1, 0.15) is 6.61 Å². The van der Waals surface area contributed by atoms with Crippen LogP contribution in [0.25, 0.3) is 10.9 Å². The molecule has 0 unspecified atom stereocenters. The van der Waals surface area contributed by atoms with Crippen molar-refractivity contribution >= 4 is 22.7 Å². The normalized spacial score (nSPS) is 19.8. The Bertz CT molecular complexity index is 983. The molecule has 28 heavy (non-hydrogen) atoms. The molecule has 0 bridgehead atoms. The molecule has 1 aliphatic heterocycles. The Morgan fingerprint density at radius 2 is 1.93 bits per heavy atom. The molecule has 2 heterocycles. The fraction of sp³-hybridized carbons (Fsp3) is 0.273. The number of carbonyl (C=O) groups excluding carboxylic acids is 2. The highest BCUT2D eigenvalue weighted by atomic mass is 16.5. The van der Waals surface area contributed by atoms with Gasteiger partial charge in [0.2, 0.25) is 5.91 Å². The van der Waals surface area contributed by atoms with Crippen molar-refractivity contribution in [1.82, 2.24) is 15.2 Å². The summed E-state index contributed by atoms with van der Waals surface area (Å²) in [6.45, 7) is 0.417. The largest absolute Gasteiger partial charge is 0.361 e. The Morgan fingerprint density at radius 3 is 2.75 bits per heavy atom. The van der Waals surface area contributed by atoms with Crippen molar-refractivity contribution in [3.63, 3.8) is 0 Å². The van der Waals surface area contributed by atoms with Crippen LogP contribution in [0.5, 0.6) is 0 Å². The third-order valence-electron chi connectivity index (χ3n) is 5.25. The van der Waals surface area contributed by atoms with Crippen LogP contribution in [0.3, 0.4) is 0 Å². The van der Waals surface area contributed by atoms with Gasteiger partial charge in [-0.3, -0.25) is 9.59 Å². The van der Waals surface area contributed by atoms with Crippen molar-refractivity contribution < 1.29 is 14.3 Å². The number of hydrogen-bond donors (Lipinski definition) is 2. The molecule has 0 aliphatic carbocycles. The fourth-order valence-corrected chi connectivity index (χ4v) is 3.74. The van der Waals surface area contributed by atoms with E-state index in [2.05, 4.69) is 16.4 Å². The maximum atomic E-state index is 12.8. The zero-order chi connectivity index (χ0) is 19.5. The fourth-order valence-electron chi connectivity index (χ4n) is 3.74. The Kier molecular flexibility index (Phi) is 5.12. The summed E-state index contributed by atoms with van der Waals surface area (Å²) in [7, 11) is 1.72. The van der Waals surface area contributed by atoms with Gasteiger partial charge >= 0.3 is 0 Å². The number of rotatable bonds is 5. The van der Waals surface area contributed by atoms with Crippen molar-refractivity contribution in [3.8, 4) is 0 Å². The van der Waals surface area contributed by atoms with Gasteiger partial charge in [0.05, 0.1) is 6.04 Å². The van der Waals surface area contributed by atoms with Crippen LogP contribution in [0.15, 0.2) is 60.8 Å². The van der Waals surface area contributed by atoms with Gasteiger partial charge in [-0.25, -0.2) is 0 Å². The minimum Gasteiger partial charge on any atom is -0.361 e. The summed E-state index contributed by atoms with van der Waals surface area (Å²) in [6, 6.07) is 17.2. The minimum atomic E-state index is -0.729. The first-order chi connectivity index (χ1) is 13.6. The van der Waals surface area contributed by atoms with Gasteiger partial charge in [-0.2, -0.15) is 0 Å². The van der Waals surface area contributed by atoms with Crippen LogP contribution in [0.4, 0.5) is 0 Å². The maximum Gasteiger partial charge on any atom is 0.251 e. The monoisotopic (exact) mass is 377 g/mol. The van der Waals surface area contributed by atoms with Crippen LogP contribution in [0.1, 0.15) is 17.2 Å². The van der Waals surface area contributed by atoms with E-state index >= 15 is 0 Å². The predicted molar refractivity (Wildman–Crippen MR) is 107 cm³/mol. The van der Waals surface area contributed by atoms with Crippen LogP contribution >= 0.6 is 0 Å². The van der Waals surface area contributed by atoms with Crippen molar-refractivity contribution in [2.45, 2.75) is 18.6 Å². The number of H-pyrrole nitrogens is 1. The van der Waals surface area contributed by atoms with Crippen molar-refractivity contribution in [3.05, 3.63) is 71.9 Å². The number of para-hydroxylation sites is 1. The molecule has 0 radical (unpaired) electrons. The highest BCUT2D eigenvalue weighted by molar-refractivity contribution is 5.86. The summed E-state index contributed by atoms with van der Waals surface area (Å²) < 4.78 is 5.64. The molecule has 2 aromatic carbocycles. The van der Waals surface area contributed by atoms with E-state index in [4.69, 9.17) is 4.74 Å². The van der Waals surface area contributed by atoms with Crippen LogP contribution in [-0.2, 0) is 20.7 Å². The van der Waals surface area contributed by atoms with E-state index in [0.29, 0.717) is 13.0 Å². The number of morpholine rings is 1. The molecule has 0 spiro atoms. The van der Waals surface area contributed by atoms with Crippen molar-refractivity contribution in [2.75, 3.05) is 20.2 Å². The SMILES string of the molecule is CN1C(=O)CO[C@@H](C(=O)NCCc2c[nH]c3ccccc23)[C@@H]1c1ccccc1. The molecule has 6 nitrogen and oxygen atoms in total. The topological polar surface area (TPSA) is 74.4 Å². The second-order valence-electron chi connectivity index (χ2n) is 6.99. The van der Waals surface area contributed by atoms with Gasteiger partial charge in [-0.1, -0.05) is 48.5 Å². The number of nitrogens with zero attached hydrogens (tertiary/aromatic N) is 1. The summed E-state index contributed by atoms with van der Waals surface area (Å²) in [5.74, 6) is -0.329. The van der Waals surface area contributed by atoms with E-state index in [1.54, 1.807) is 11.9 Å². The molecule has 6 heteroatoms. The number of amides is 2. The molecule has 3 aromatic rings. The lowest BCUT2D eigenvalue weighted by molar-refractivity contribution is -0.162. The van der Waals surface area contributed by atoms with Crippen LogP contribution in [0, 0.1) is 0 Å². The average Bonchev–Trinajstić information content (AvgIpc) is 3.13. The van der Waals surface area contributed by atoms with Crippen LogP contribution in [-0.4, -0.2) is 48.0 Å². The molecule has 1 saturated heterocycles. The smallest absolute Gasteiger partial charge is 0.251 e. The van der Waals surface area contributed by atoms with Crippen molar-refractivity contribution in [1.29, 1.82) is 0 Å². The Hall–Kier alpha value is -3.12. The van der Waals surface area contributed by atoms with Gasteiger partial charge in [-0.15, -0.1) is 0 Å². The second-order valence-corrected chi connectivity index (χ2v) is 6.99. The van der Waals surface area contributed by atoms with Gasteiger partial charge in [0.25, 0.3) is 5.91 Å². The van der Waals surface area contributed by atoms with Gasteiger partial charge in [0, 0.05) is 30.7 Å². The van der Waals surface area contributed by atoms with E-state index in [-0.39, 0.29) is 18.4 Å². The Labute approximate surface area is 163 Å². The van der Waals surface area contributed by atoms with E-state index in [9.17, 15) is 9.59 Å². The van der Waals surface area contributed by atoms with E-state index in [1.807, 2.05) is 54.7 Å². The number of likely N-dealkylation sites (N-methyl/N-ethyl adjacent to an activating group) is 1. The molecule has 1 fully saturated rings. The number of hydrogen-bond acceptors (Lipinski definition) is 3. The molecular weight excluding hydrogens is 354 g/mol. The number of carbonyl (C=O) groups is 2. The van der Waals surface area contributed by atoms with E-state index < -0.39 is 12.1 Å².